The van der Waals surface area contributed by atoms with Gasteiger partial charge in [0.05, 0.1) is 12.5 Å². The zero-order valence-corrected chi connectivity index (χ0v) is 14.0. The molecule has 2 saturated heterocycles. The summed E-state index contributed by atoms with van der Waals surface area (Å²) in [6.07, 6.45) is 0.945. The molecular weight excluding hydrogens is 304 g/mol. The molecule has 1 aromatic rings. The van der Waals surface area contributed by atoms with Crippen LogP contribution in [0.5, 0.6) is 0 Å². The van der Waals surface area contributed by atoms with E-state index in [-0.39, 0.29) is 17.7 Å². The first-order chi connectivity index (χ1) is 11.7. The minimum Gasteiger partial charge on any atom is -0.351 e. The van der Waals surface area contributed by atoms with Crippen molar-refractivity contribution in [3.63, 3.8) is 0 Å². The maximum absolute atomic E-state index is 12.4. The number of hydrogen-bond acceptors (Lipinski definition) is 4. The lowest BCUT2D eigenvalue weighted by Gasteiger charge is -2.35. The Bertz CT molecular complexity index is 549. The number of nitrogens with one attached hydrogen (secondary N) is 2. The van der Waals surface area contributed by atoms with Crippen molar-refractivity contribution < 1.29 is 9.59 Å². The standard InChI is InChI=1S/C18H26N4O2/c23-17(20-12-15-4-2-1-3-5-15)14-21-8-10-22(11-9-21)18(24)16-6-7-19-13-16/h1-5,16,19H,6-14H2,(H,20,23). The van der Waals surface area contributed by atoms with E-state index in [1.165, 1.54) is 0 Å². The van der Waals surface area contributed by atoms with Crippen LogP contribution in [-0.2, 0) is 16.1 Å². The highest BCUT2D eigenvalue weighted by Crippen LogP contribution is 2.13. The van der Waals surface area contributed by atoms with Gasteiger partial charge in [-0.15, -0.1) is 0 Å². The average molecular weight is 330 g/mol. The van der Waals surface area contributed by atoms with E-state index in [1.54, 1.807) is 0 Å². The van der Waals surface area contributed by atoms with E-state index < -0.39 is 0 Å². The molecule has 1 atom stereocenters. The zero-order chi connectivity index (χ0) is 16.8. The van der Waals surface area contributed by atoms with Gasteiger partial charge in [0.15, 0.2) is 0 Å². The van der Waals surface area contributed by atoms with E-state index >= 15 is 0 Å². The molecule has 0 radical (unpaired) electrons. The number of nitrogens with zero attached hydrogens (tertiary/aromatic N) is 2. The third-order valence-corrected chi connectivity index (χ3v) is 4.79. The molecule has 1 unspecified atom stereocenters. The highest BCUT2D eigenvalue weighted by molar-refractivity contribution is 5.80. The van der Waals surface area contributed by atoms with Gasteiger partial charge in [-0.25, -0.2) is 0 Å². The second-order valence-electron chi connectivity index (χ2n) is 6.55. The quantitative estimate of drug-likeness (QED) is 0.801. The summed E-state index contributed by atoms with van der Waals surface area (Å²) in [4.78, 5) is 28.5. The van der Waals surface area contributed by atoms with E-state index in [2.05, 4.69) is 15.5 Å². The number of piperazine rings is 1. The van der Waals surface area contributed by atoms with Crippen LogP contribution in [0.3, 0.4) is 0 Å². The van der Waals surface area contributed by atoms with Gasteiger partial charge < -0.3 is 15.5 Å². The minimum absolute atomic E-state index is 0.0404. The fourth-order valence-corrected chi connectivity index (χ4v) is 3.31. The zero-order valence-electron chi connectivity index (χ0n) is 14.0. The topological polar surface area (TPSA) is 64.7 Å². The molecule has 0 bridgehead atoms. The Morgan fingerprint density at radius 2 is 1.88 bits per heavy atom. The van der Waals surface area contributed by atoms with Crippen LogP contribution < -0.4 is 10.6 Å². The number of carbonyl (C=O) groups excluding carboxylic acids is 2. The minimum atomic E-state index is 0.0404. The summed E-state index contributed by atoms with van der Waals surface area (Å²) in [5, 5.41) is 6.20. The Morgan fingerprint density at radius 3 is 2.54 bits per heavy atom. The maximum atomic E-state index is 12.4. The smallest absolute Gasteiger partial charge is 0.234 e. The van der Waals surface area contributed by atoms with Crippen LogP contribution in [-0.4, -0.2) is 67.4 Å². The van der Waals surface area contributed by atoms with Crippen LogP contribution in [0.15, 0.2) is 30.3 Å². The summed E-state index contributed by atoms with van der Waals surface area (Å²) >= 11 is 0. The summed E-state index contributed by atoms with van der Waals surface area (Å²) in [5.41, 5.74) is 1.10. The van der Waals surface area contributed by atoms with Crippen LogP contribution in [0.25, 0.3) is 0 Å². The lowest BCUT2D eigenvalue weighted by molar-refractivity contribution is -0.136. The largest absolute Gasteiger partial charge is 0.351 e. The van der Waals surface area contributed by atoms with E-state index in [9.17, 15) is 9.59 Å². The van der Waals surface area contributed by atoms with E-state index in [0.29, 0.717) is 13.1 Å². The summed E-state index contributed by atoms with van der Waals surface area (Å²) in [7, 11) is 0. The second kappa shape index (κ2) is 8.26. The van der Waals surface area contributed by atoms with Crippen molar-refractivity contribution in [1.29, 1.82) is 0 Å². The molecule has 1 aromatic carbocycles. The summed E-state index contributed by atoms with van der Waals surface area (Å²) in [6, 6.07) is 9.91. The van der Waals surface area contributed by atoms with Gasteiger partial charge in [0.2, 0.25) is 11.8 Å². The van der Waals surface area contributed by atoms with E-state index in [0.717, 1.165) is 51.3 Å². The van der Waals surface area contributed by atoms with Gasteiger partial charge in [-0.05, 0) is 18.5 Å². The van der Waals surface area contributed by atoms with Crippen molar-refractivity contribution in [2.75, 3.05) is 45.8 Å². The van der Waals surface area contributed by atoms with Gasteiger partial charge in [-0.2, -0.15) is 0 Å². The molecular formula is C18H26N4O2. The van der Waals surface area contributed by atoms with Gasteiger partial charge >= 0.3 is 0 Å². The van der Waals surface area contributed by atoms with Crippen molar-refractivity contribution in [1.82, 2.24) is 20.4 Å². The normalized spacial score (nSPS) is 21.7. The van der Waals surface area contributed by atoms with Gasteiger partial charge in [0.1, 0.15) is 0 Å². The fourth-order valence-electron chi connectivity index (χ4n) is 3.31. The van der Waals surface area contributed by atoms with Crippen molar-refractivity contribution in [3.8, 4) is 0 Å². The van der Waals surface area contributed by atoms with Gasteiger partial charge in [-0.1, -0.05) is 30.3 Å². The summed E-state index contributed by atoms with van der Waals surface area (Å²) in [6.45, 7) is 5.70. The molecule has 2 aliphatic rings. The lowest BCUT2D eigenvalue weighted by Crippen LogP contribution is -2.52. The molecule has 6 heteroatoms. The monoisotopic (exact) mass is 330 g/mol. The van der Waals surface area contributed by atoms with Crippen LogP contribution in [0.4, 0.5) is 0 Å². The molecule has 24 heavy (non-hydrogen) atoms. The molecule has 0 aliphatic carbocycles. The molecule has 6 nitrogen and oxygen atoms in total. The molecule has 2 amide bonds. The molecule has 2 N–H and O–H groups in total. The first-order valence-electron chi connectivity index (χ1n) is 8.75. The molecule has 0 spiro atoms. The molecule has 3 rings (SSSR count). The van der Waals surface area contributed by atoms with Crippen LogP contribution in [0, 0.1) is 5.92 Å². The fraction of sp³-hybridized carbons (Fsp3) is 0.556. The first-order valence-corrected chi connectivity index (χ1v) is 8.75. The highest BCUT2D eigenvalue weighted by Gasteiger charge is 2.29. The molecule has 130 valence electrons. The number of carbonyl (C=O) groups is 2. The van der Waals surface area contributed by atoms with Crippen molar-refractivity contribution >= 4 is 11.8 Å². The van der Waals surface area contributed by atoms with Crippen molar-refractivity contribution in [3.05, 3.63) is 35.9 Å². The molecule has 0 saturated carbocycles. The number of rotatable bonds is 5. The molecule has 2 heterocycles. The highest BCUT2D eigenvalue weighted by atomic mass is 16.2. The van der Waals surface area contributed by atoms with Gasteiger partial charge in [0, 0.05) is 39.3 Å². The lowest BCUT2D eigenvalue weighted by atomic mass is 10.1. The third-order valence-electron chi connectivity index (χ3n) is 4.79. The maximum Gasteiger partial charge on any atom is 0.234 e. The van der Waals surface area contributed by atoms with E-state index in [1.807, 2.05) is 35.2 Å². The van der Waals surface area contributed by atoms with Crippen LogP contribution in [0.2, 0.25) is 0 Å². The Hall–Kier alpha value is -1.92. The van der Waals surface area contributed by atoms with Gasteiger partial charge in [-0.3, -0.25) is 14.5 Å². The first kappa shape index (κ1) is 16.9. The predicted molar refractivity (Wildman–Crippen MR) is 92.3 cm³/mol. The number of hydrogen-bond donors (Lipinski definition) is 2. The van der Waals surface area contributed by atoms with Crippen molar-refractivity contribution in [2.24, 2.45) is 5.92 Å². The van der Waals surface area contributed by atoms with Gasteiger partial charge in [0.25, 0.3) is 0 Å². The third kappa shape index (κ3) is 4.55. The van der Waals surface area contributed by atoms with Crippen LogP contribution >= 0.6 is 0 Å². The Kier molecular flexibility index (Phi) is 5.82. The second-order valence-corrected chi connectivity index (χ2v) is 6.55. The van der Waals surface area contributed by atoms with Crippen molar-refractivity contribution in [2.45, 2.75) is 13.0 Å². The summed E-state index contributed by atoms with van der Waals surface area (Å²) in [5.74, 6) is 0.456. The predicted octanol–water partition coefficient (Wildman–Crippen LogP) is 0.0565. The Morgan fingerprint density at radius 1 is 1.12 bits per heavy atom. The average Bonchev–Trinajstić information content (AvgIpc) is 3.16. The summed E-state index contributed by atoms with van der Waals surface area (Å²) < 4.78 is 0. The van der Waals surface area contributed by atoms with Crippen LogP contribution in [0.1, 0.15) is 12.0 Å². The number of amides is 2. The molecule has 2 fully saturated rings. The Labute approximate surface area is 143 Å². The molecule has 2 aliphatic heterocycles. The Balaban J connectivity index is 1.37. The molecule has 0 aromatic heterocycles. The van der Waals surface area contributed by atoms with E-state index in [4.69, 9.17) is 0 Å². The SMILES string of the molecule is O=C(CN1CCN(C(=O)C2CCNC2)CC1)NCc1ccccc1. The number of benzene rings is 1.